The molecule has 1 nitrogen and oxygen atoms in total. The van der Waals surface area contributed by atoms with Gasteiger partial charge in [-0.1, -0.05) is 13.0 Å². The SMILES string of the molecule is C/C=C(/C=N\S)CC. The molecule has 0 atom stereocenters. The summed E-state index contributed by atoms with van der Waals surface area (Å²) in [6.07, 6.45) is 4.81. The number of hydrogen-bond donors (Lipinski definition) is 1. The van der Waals surface area contributed by atoms with Gasteiger partial charge in [0.1, 0.15) is 0 Å². The second-order valence-electron chi connectivity index (χ2n) is 1.46. The molecule has 0 aliphatic carbocycles. The van der Waals surface area contributed by atoms with Crippen molar-refractivity contribution >= 4 is 19.0 Å². The standard InChI is InChI=1S/C6H11NS/c1-3-6(4-2)5-7-8/h3,5,8H,4H2,1-2H3/b6-3+,7-5-. The van der Waals surface area contributed by atoms with E-state index in [1.807, 2.05) is 13.0 Å². The smallest absolute Gasteiger partial charge is 0.0377 e. The lowest BCUT2D eigenvalue weighted by Crippen LogP contribution is -1.77. The van der Waals surface area contributed by atoms with Crippen LogP contribution in [0, 0.1) is 0 Å². The van der Waals surface area contributed by atoms with Crippen molar-refractivity contribution in [3.8, 4) is 0 Å². The predicted octanol–water partition coefficient (Wildman–Crippen LogP) is 2.26. The topological polar surface area (TPSA) is 12.4 Å². The predicted molar refractivity (Wildman–Crippen MR) is 41.5 cm³/mol. The first-order chi connectivity index (χ1) is 3.85. The van der Waals surface area contributed by atoms with Crippen molar-refractivity contribution in [3.63, 3.8) is 0 Å². The number of thiol groups is 1. The lowest BCUT2D eigenvalue weighted by Gasteiger charge is -1.88. The van der Waals surface area contributed by atoms with Crippen LogP contribution in [0.25, 0.3) is 0 Å². The van der Waals surface area contributed by atoms with E-state index in [4.69, 9.17) is 0 Å². The van der Waals surface area contributed by atoms with Gasteiger partial charge in [0.05, 0.1) is 0 Å². The Kier molecular flexibility index (Phi) is 4.76. The van der Waals surface area contributed by atoms with Crippen LogP contribution in [0.5, 0.6) is 0 Å². The van der Waals surface area contributed by atoms with Crippen LogP contribution in [-0.4, -0.2) is 6.21 Å². The highest BCUT2D eigenvalue weighted by atomic mass is 32.1. The van der Waals surface area contributed by atoms with Crippen molar-refractivity contribution in [2.45, 2.75) is 20.3 Å². The normalized spacial score (nSPS) is 13.1. The summed E-state index contributed by atoms with van der Waals surface area (Å²) in [6.45, 7) is 4.08. The highest BCUT2D eigenvalue weighted by molar-refractivity contribution is 7.78. The Morgan fingerprint density at radius 2 is 2.38 bits per heavy atom. The molecular weight excluding hydrogens is 118 g/mol. The quantitative estimate of drug-likeness (QED) is 0.434. The average Bonchev–Trinajstić information content (AvgIpc) is 1.83. The molecule has 0 aliphatic rings. The summed E-state index contributed by atoms with van der Waals surface area (Å²) in [5.41, 5.74) is 1.22. The lowest BCUT2D eigenvalue weighted by atomic mass is 10.2. The maximum Gasteiger partial charge on any atom is 0.0377 e. The third-order valence-corrected chi connectivity index (χ3v) is 1.12. The molecule has 0 saturated heterocycles. The minimum Gasteiger partial charge on any atom is -0.228 e. The molecule has 0 amide bonds. The fourth-order valence-electron chi connectivity index (χ4n) is 0.444. The Morgan fingerprint density at radius 1 is 1.75 bits per heavy atom. The highest BCUT2D eigenvalue weighted by Gasteiger charge is 1.81. The van der Waals surface area contributed by atoms with Crippen LogP contribution in [0.1, 0.15) is 20.3 Å². The van der Waals surface area contributed by atoms with Gasteiger partial charge in [-0.05, 0) is 31.7 Å². The van der Waals surface area contributed by atoms with Gasteiger partial charge < -0.3 is 0 Å². The monoisotopic (exact) mass is 129 g/mol. The Labute approximate surface area is 56.1 Å². The second kappa shape index (κ2) is 4.91. The first kappa shape index (κ1) is 7.76. The summed E-state index contributed by atoms with van der Waals surface area (Å²) in [5, 5.41) is 0. The van der Waals surface area contributed by atoms with E-state index in [-0.39, 0.29) is 0 Å². The maximum atomic E-state index is 3.70. The van der Waals surface area contributed by atoms with Gasteiger partial charge in [0.15, 0.2) is 0 Å². The van der Waals surface area contributed by atoms with Crippen molar-refractivity contribution < 1.29 is 0 Å². The molecule has 46 valence electrons. The van der Waals surface area contributed by atoms with Gasteiger partial charge in [-0.15, -0.1) is 0 Å². The Balaban J connectivity index is 3.72. The highest BCUT2D eigenvalue weighted by Crippen LogP contribution is 1.95. The Morgan fingerprint density at radius 3 is 2.50 bits per heavy atom. The molecule has 0 aromatic carbocycles. The van der Waals surface area contributed by atoms with Gasteiger partial charge in [0, 0.05) is 6.21 Å². The van der Waals surface area contributed by atoms with E-state index >= 15 is 0 Å². The zero-order valence-corrected chi connectivity index (χ0v) is 6.15. The molecule has 2 heteroatoms. The fourth-order valence-corrected chi connectivity index (χ4v) is 0.592. The van der Waals surface area contributed by atoms with E-state index in [0.29, 0.717) is 0 Å². The summed E-state index contributed by atoms with van der Waals surface area (Å²) in [7, 11) is 0. The van der Waals surface area contributed by atoms with Crippen molar-refractivity contribution in [2.75, 3.05) is 0 Å². The molecular formula is C6H11NS. The second-order valence-corrected chi connectivity index (χ2v) is 1.69. The van der Waals surface area contributed by atoms with E-state index in [0.717, 1.165) is 6.42 Å². The molecule has 0 spiro atoms. The molecule has 0 radical (unpaired) electrons. The third-order valence-electron chi connectivity index (χ3n) is 1.00. The first-order valence-corrected chi connectivity index (χ1v) is 3.07. The molecule has 0 aromatic heterocycles. The van der Waals surface area contributed by atoms with Crippen molar-refractivity contribution in [3.05, 3.63) is 11.6 Å². The van der Waals surface area contributed by atoms with Crippen LogP contribution < -0.4 is 0 Å². The van der Waals surface area contributed by atoms with E-state index < -0.39 is 0 Å². The van der Waals surface area contributed by atoms with Gasteiger partial charge in [-0.3, -0.25) is 0 Å². The minimum absolute atomic E-state index is 1.03. The molecule has 0 heterocycles. The molecule has 0 unspecified atom stereocenters. The van der Waals surface area contributed by atoms with Crippen molar-refractivity contribution in [1.29, 1.82) is 0 Å². The summed E-state index contributed by atoms with van der Waals surface area (Å²) in [6, 6.07) is 0. The fraction of sp³-hybridized carbons (Fsp3) is 0.500. The first-order valence-electron chi connectivity index (χ1n) is 2.67. The number of hydrogen-bond acceptors (Lipinski definition) is 2. The average molecular weight is 129 g/mol. The van der Waals surface area contributed by atoms with Crippen LogP contribution in [0.4, 0.5) is 0 Å². The molecule has 0 saturated carbocycles. The van der Waals surface area contributed by atoms with E-state index in [1.54, 1.807) is 6.21 Å². The van der Waals surface area contributed by atoms with Crippen LogP contribution >= 0.6 is 12.8 Å². The molecule has 0 rings (SSSR count). The molecule has 0 N–H and O–H groups in total. The molecule has 0 aromatic rings. The Bertz CT molecular complexity index is 102. The van der Waals surface area contributed by atoms with Crippen LogP contribution in [0.3, 0.4) is 0 Å². The summed E-state index contributed by atoms with van der Waals surface area (Å²) in [5.74, 6) is 0. The van der Waals surface area contributed by atoms with E-state index in [2.05, 4.69) is 24.1 Å². The molecule has 0 aliphatic heterocycles. The van der Waals surface area contributed by atoms with Gasteiger partial charge in [0.25, 0.3) is 0 Å². The van der Waals surface area contributed by atoms with Crippen molar-refractivity contribution in [1.82, 2.24) is 0 Å². The van der Waals surface area contributed by atoms with Gasteiger partial charge in [-0.25, -0.2) is 4.40 Å². The van der Waals surface area contributed by atoms with Gasteiger partial charge in [0.2, 0.25) is 0 Å². The number of nitrogens with zero attached hydrogens (tertiary/aromatic N) is 1. The van der Waals surface area contributed by atoms with E-state index in [9.17, 15) is 0 Å². The van der Waals surface area contributed by atoms with E-state index in [1.165, 1.54) is 5.57 Å². The van der Waals surface area contributed by atoms with Crippen LogP contribution in [0.2, 0.25) is 0 Å². The lowest BCUT2D eigenvalue weighted by molar-refractivity contribution is 1.17. The molecule has 0 fully saturated rings. The summed E-state index contributed by atoms with van der Waals surface area (Å²) < 4.78 is 3.58. The minimum atomic E-state index is 1.03. The zero-order chi connectivity index (χ0) is 6.41. The van der Waals surface area contributed by atoms with Gasteiger partial charge in [-0.2, -0.15) is 0 Å². The van der Waals surface area contributed by atoms with Crippen LogP contribution in [-0.2, 0) is 0 Å². The summed E-state index contributed by atoms with van der Waals surface area (Å²) >= 11 is 3.70. The van der Waals surface area contributed by atoms with Gasteiger partial charge >= 0.3 is 0 Å². The Hall–Kier alpha value is -0.240. The largest absolute Gasteiger partial charge is 0.228 e. The number of rotatable bonds is 2. The van der Waals surface area contributed by atoms with Crippen molar-refractivity contribution in [2.24, 2.45) is 4.40 Å². The third kappa shape index (κ3) is 2.86. The summed E-state index contributed by atoms with van der Waals surface area (Å²) in [4.78, 5) is 0. The zero-order valence-electron chi connectivity index (χ0n) is 5.26. The van der Waals surface area contributed by atoms with Crippen LogP contribution in [0.15, 0.2) is 16.0 Å². The maximum absolute atomic E-state index is 3.70. The molecule has 8 heavy (non-hydrogen) atoms. The number of allylic oxidation sites excluding steroid dienone is 2. The molecule has 0 bridgehead atoms.